The Morgan fingerprint density at radius 3 is 2.76 bits per heavy atom. The molecule has 5 nitrogen and oxygen atoms in total. The SMILES string of the molecule is COc1ccc(Br)cc1-n1nnnc1C(C)C. The van der Waals surface area contributed by atoms with Crippen LogP contribution in [0.5, 0.6) is 5.75 Å². The fraction of sp³-hybridized carbons (Fsp3) is 0.364. The second kappa shape index (κ2) is 4.83. The molecule has 0 bridgehead atoms. The minimum Gasteiger partial charge on any atom is -0.494 e. The van der Waals surface area contributed by atoms with Crippen LogP contribution in [-0.4, -0.2) is 27.3 Å². The first kappa shape index (κ1) is 12.0. The molecular weight excluding hydrogens is 284 g/mol. The van der Waals surface area contributed by atoms with Crippen molar-refractivity contribution in [1.29, 1.82) is 0 Å². The summed E-state index contributed by atoms with van der Waals surface area (Å²) in [5.41, 5.74) is 0.829. The molecule has 0 unspecified atom stereocenters. The largest absolute Gasteiger partial charge is 0.494 e. The van der Waals surface area contributed by atoms with Gasteiger partial charge in [0.2, 0.25) is 0 Å². The van der Waals surface area contributed by atoms with Gasteiger partial charge in [-0.25, -0.2) is 0 Å². The zero-order valence-corrected chi connectivity index (χ0v) is 11.5. The summed E-state index contributed by atoms with van der Waals surface area (Å²) in [7, 11) is 1.63. The molecule has 90 valence electrons. The van der Waals surface area contributed by atoms with Crippen molar-refractivity contribution in [3.8, 4) is 11.4 Å². The molecule has 0 atom stereocenters. The van der Waals surface area contributed by atoms with Crippen LogP contribution in [0, 0.1) is 0 Å². The van der Waals surface area contributed by atoms with E-state index in [0.29, 0.717) is 0 Å². The summed E-state index contributed by atoms with van der Waals surface area (Å²) < 4.78 is 7.98. The molecule has 1 aromatic carbocycles. The average molecular weight is 297 g/mol. The third-order valence-electron chi connectivity index (χ3n) is 2.38. The molecule has 0 N–H and O–H groups in total. The van der Waals surface area contributed by atoms with E-state index in [1.165, 1.54) is 0 Å². The molecule has 2 rings (SSSR count). The summed E-state index contributed by atoms with van der Waals surface area (Å²) in [6.45, 7) is 4.10. The van der Waals surface area contributed by atoms with Gasteiger partial charge in [-0.05, 0) is 28.6 Å². The number of halogens is 1. The zero-order chi connectivity index (χ0) is 12.4. The molecule has 1 heterocycles. The molecule has 0 fully saturated rings. The third-order valence-corrected chi connectivity index (χ3v) is 2.87. The Kier molecular flexibility index (Phi) is 3.42. The number of nitrogens with zero attached hydrogens (tertiary/aromatic N) is 4. The van der Waals surface area contributed by atoms with Crippen LogP contribution in [0.2, 0.25) is 0 Å². The van der Waals surface area contributed by atoms with Crippen LogP contribution < -0.4 is 4.74 Å². The molecule has 17 heavy (non-hydrogen) atoms. The van der Waals surface area contributed by atoms with E-state index >= 15 is 0 Å². The van der Waals surface area contributed by atoms with E-state index in [9.17, 15) is 0 Å². The second-order valence-electron chi connectivity index (χ2n) is 3.92. The molecule has 0 aliphatic heterocycles. The van der Waals surface area contributed by atoms with Crippen molar-refractivity contribution >= 4 is 15.9 Å². The average Bonchev–Trinajstić information content (AvgIpc) is 2.77. The van der Waals surface area contributed by atoms with Gasteiger partial charge in [0.05, 0.1) is 7.11 Å². The zero-order valence-electron chi connectivity index (χ0n) is 9.88. The van der Waals surface area contributed by atoms with Gasteiger partial charge in [0, 0.05) is 10.4 Å². The Hall–Kier alpha value is -1.43. The van der Waals surface area contributed by atoms with E-state index in [1.54, 1.807) is 11.8 Å². The van der Waals surface area contributed by atoms with Crippen molar-refractivity contribution in [1.82, 2.24) is 20.2 Å². The van der Waals surface area contributed by atoms with E-state index in [4.69, 9.17) is 4.74 Å². The predicted molar refractivity (Wildman–Crippen MR) is 67.5 cm³/mol. The van der Waals surface area contributed by atoms with Gasteiger partial charge in [0.25, 0.3) is 0 Å². The van der Waals surface area contributed by atoms with Crippen molar-refractivity contribution in [2.45, 2.75) is 19.8 Å². The third kappa shape index (κ3) is 2.31. The standard InChI is InChI=1S/C11H13BrN4O/c1-7(2)11-13-14-15-16(11)9-6-8(12)4-5-10(9)17-3/h4-7H,1-3H3. The summed E-state index contributed by atoms with van der Waals surface area (Å²) in [6, 6.07) is 5.73. The van der Waals surface area contributed by atoms with Crippen LogP contribution in [0.25, 0.3) is 5.69 Å². The summed E-state index contributed by atoms with van der Waals surface area (Å²) >= 11 is 3.44. The maximum absolute atomic E-state index is 5.32. The second-order valence-corrected chi connectivity index (χ2v) is 4.84. The molecule has 2 aromatic rings. The lowest BCUT2D eigenvalue weighted by Crippen LogP contribution is -2.06. The van der Waals surface area contributed by atoms with Crippen LogP contribution in [-0.2, 0) is 0 Å². The molecule has 0 aliphatic carbocycles. The Balaban J connectivity index is 2.59. The highest BCUT2D eigenvalue weighted by Gasteiger charge is 2.15. The van der Waals surface area contributed by atoms with Gasteiger partial charge in [-0.1, -0.05) is 29.8 Å². The highest BCUT2D eigenvalue weighted by atomic mass is 79.9. The smallest absolute Gasteiger partial charge is 0.159 e. The van der Waals surface area contributed by atoms with E-state index in [1.807, 2.05) is 32.0 Å². The highest BCUT2D eigenvalue weighted by molar-refractivity contribution is 9.10. The summed E-state index contributed by atoms with van der Waals surface area (Å²) in [6.07, 6.45) is 0. The quantitative estimate of drug-likeness (QED) is 0.873. The van der Waals surface area contributed by atoms with E-state index in [0.717, 1.165) is 21.7 Å². The number of hydrogen-bond acceptors (Lipinski definition) is 4. The fourth-order valence-corrected chi connectivity index (χ4v) is 1.90. The van der Waals surface area contributed by atoms with Crippen LogP contribution >= 0.6 is 15.9 Å². The normalized spacial score (nSPS) is 10.9. The van der Waals surface area contributed by atoms with Gasteiger partial charge in [-0.3, -0.25) is 0 Å². The number of aromatic nitrogens is 4. The van der Waals surface area contributed by atoms with Gasteiger partial charge < -0.3 is 4.74 Å². The number of tetrazole rings is 1. The van der Waals surface area contributed by atoms with Crippen LogP contribution in [0.3, 0.4) is 0 Å². The first-order valence-electron chi connectivity index (χ1n) is 5.25. The van der Waals surface area contributed by atoms with Gasteiger partial charge >= 0.3 is 0 Å². The Bertz CT molecular complexity index is 524. The minimum absolute atomic E-state index is 0.244. The van der Waals surface area contributed by atoms with Crippen LogP contribution in [0.4, 0.5) is 0 Å². The van der Waals surface area contributed by atoms with Gasteiger partial charge in [0.1, 0.15) is 11.4 Å². The number of hydrogen-bond donors (Lipinski definition) is 0. The first-order chi connectivity index (χ1) is 8.13. The molecule has 0 radical (unpaired) electrons. The monoisotopic (exact) mass is 296 g/mol. The topological polar surface area (TPSA) is 52.8 Å². The minimum atomic E-state index is 0.244. The number of methoxy groups -OCH3 is 1. The molecule has 0 saturated heterocycles. The molecule has 1 aromatic heterocycles. The lowest BCUT2D eigenvalue weighted by Gasteiger charge is -2.11. The maximum Gasteiger partial charge on any atom is 0.159 e. The molecule has 0 aliphatic rings. The van der Waals surface area contributed by atoms with Gasteiger partial charge in [-0.15, -0.1) is 5.10 Å². The Labute approximate surface area is 108 Å². The molecule has 0 spiro atoms. The van der Waals surface area contributed by atoms with Crippen molar-refractivity contribution < 1.29 is 4.74 Å². The van der Waals surface area contributed by atoms with Crippen molar-refractivity contribution in [2.75, 3.05) is 7.11 Å². The van der Waals surface area contributed by atoms with Crippen LogP contribution in [0.15, 0.2) is 22.7 Å². The predicted octanol–water partition coefficient (Wildman–Crippen LogP) is 2.56. The molecular formula is C11H13BrN4O. The Morgan fingerprint density at radius 1 is 1.35 bits per heavy atom. The number of ether oxygens (including phenoxy) is 1. The van der Waals surface area contributed by atoms with E-state index in [-0.39, 0.29) is 5.92 Å². The summed E-state index contributed by atoms with van der Waals surface area (Å²) in [5.74, 6) is 1.79. The van der Waals surface area contributed by atoms with Crippen molar-refractivity contribution in [2.24, 2.45) is 0 Å². The van der Waals surface area contributed by atoms with Gasteiger partial charge in [0.15, 0.2) is 5.82 Å². The lowest BCUT2D eigenvalue weighted by atomic mass is 10.2. The maximum atomic E-state index is 5.32. The number of rotatable bonds is 3. The summed E-state index contributed by atoms with van der Waals surface area (Å²) in [5, 5.41) is 11.8. The molecule has 0 amide bonds. The first-order valence-corrected chi connectivity index (χ1v) is 6.05. The summed E-state index contributed by atoms with van der Waals surface area (Å²) in [4.78, 5) is 0. The van der Waals surface area contributed by atoms with E-state index in [2.05, 4.69) is 31.5 Å². The fourth-order valence-electron chi connectivity index (χ4n) is 1.55. The van der Waals surface area contributed by atoms with Crippen molar-refractivity contribution in [3.05, 3.63) is 28.5 Å². The van der Waals surface area contributed by atoms with E-state index < -0.39 is 0 Å². The van der Waals surface area contributed by atoms with Crippen LogP contribution in [0.1, 0.15) is 25.6 Å². The lowest BCUT2D eigenvalue weighted by molar-refractivity contribution is 0.410. The highest BCUT2D eigenvalue weighted by Crippen LogP contribution is 2.27. The Morgan fingerprint density at radius 2 is 2.12 bits per heavy atom. The molecule has 6 heteroatoms. The molecule has 0 saturated carbocycles. The number of benzene rings is 1. The van der Waals surface area contributed by atoms with Gasteiger partial charge in [-0.2, -0.15) is 4.68 Å². The van der Waals surface area contributed by atoms with Crippen molar-refractivity contribution in [3.63, 3.8) is 0 Å².